The van der Waals surface area contributed by atoms with Gasteiger partial charge in [-0.2, -0.15) is 4.72 Å². The van der Waals surface area contributed by atoms with E-state index in [-0.39, 0.29) is 22.4 Å². The largest absolute Gasteiger partial charge is 0.497 e. The van der Waals surface area contributed by atoms with Crippen molar-refractivity contribution in [3.63, 3.8) is 0 Å². The molecule has 7 nitrogen and oxygen atoms in total. The fourth-order valence-electron chi connectivity index (χ4n) is 3.40. The van der Waals surface area contributed by atoms with Gasteiger partial charge in [-0.05, 0) is 54.8 Å². The minimum absolute atomic E-state index is 0.0626. The fourth-order valence-corrected chi connectivity index (χ4v) is 4.94. The van der Waals surface area contributed by atoms with Crippen molar-refractivity contribution in [2.45, 2.75) is 30.3 Å². The van der Waals surface area contributed by atoms with Crippen molar-refractivity contribution < 1.29 is 22.7 Å². The number of ether oxygens (including phenoxy) is 2. The fraction of sp³-hybridized carbons (Fsp3) is 0.240. The molecule has 0 bridgehead atoms. The van der Waals surface area contributed by atoms with Crippen molar-refractivity contribution >= 4 is 27.5 Å². The van der Waals surface area contributed by atoms with Gasteiger partial charge >= 0.3 is 0 Å². The van der Waals surface area contributed by atoms with E-state index in [0.717, 1.165) is 11.1 Å². The van der Waals surface area contributed by atoms with E-state index >= 15 is 0 Å². The molecule has 34 heavy (non-hydrogen) atoms. The summed E-state index contributed by atoms with van der Waals surface area (Å²) in [5.74, 6) is 0.609. The van der Waals surface area contributed by atoms with Crippen molar-refractivity contribution in [2.24, 2.45) is 0 Å². The summed E-state index contributed by atoms with van der Waals surface area (Å²) in [6.07, 6.45) is 0.172. The number of benzene rings is 3. The third kappa shape index (κ3) is 6.50. The van der Waals surface area contributed by atoms with E-state index in [1.807, 2.05) is 49.4 Å². The number of nitrogens with one attached hydrogen (secondary N) is 2. The third-order valence-corrected chi connectivity index (χ3v) is 7.07. The van der Waals surface area contributed by atoms with E-state index in [1.165, 1.54) is 25.3 Å². The van der Waals surface area contributed by atoms with Crippen LogP contribution in [0.1, 0.15) is 24.1 Å². The second-order valence-corrected chi connectivity index (χ2v) is 9.78. The van der Waals surface area contributed by atoms with E-state index in [0.29, 0.717) is 11.5 Å². The third-order valence-electron chi connectivity index (χ3n) is 5.30. The van der Waals surface area contributed by atoms with Crippen LogP contribution in [0.2, 0.25) is 5.02 Å². The Morgan fingerprint density at radius 3 is 2.24 bits per heavy atom. The molecule has 1 amide bonds. The van der Waals surface area contributed by atoms with Crippen LogP contribution < -0.4 is 19.5 Å². The number of halogens is 1. The zero-order valence-electron chi connectivity index (χ0n) is 19.1. The van der Waals surface area contributed by atoms with Gasteiger partial charge in [0.2, 0.25) is 15.9 Å². The van der Waals surface area contributed by atoms with Crippen LogP contribution in [0, 0.1) is 0 Å². The predicted molar refractivity (Wildman–Crippen MR) is 132 cm³/mol. The monoisotopic (exact) mass is 502 g/mol. The number of amides is 1. The van der Waals surface area contributed by atoms with Crippen LogP contribution in [-0.4, -0.2) is 34.6 Å². The van der Waals surface area contributed by atoms with Gasteiger partial charge in [-0.25, -0.2) is 8.42 Å². The number of methoxy groups -OCH3 is 2. The highest BCUT2D eigenvalue weighted by atomic mass is 35.5. The first kappa shape index (κ1) is 25.6. The number of sulfonamides is 1. The van der Waals surface area contributed by atoms with Gasteiger partial charge < -0.3 is 14.8 Å². The Morgan fingerprint density at radius 2 is 1.65 bits per heavy atom. The normalized spacial score (nSPS) is 13.1. The molecule has 3 aromatic rings. The molecule has 0 heterocycles. The van der Waals surface area contributed by atoms with Crippen molar-refractivity contribution in [1.82, 2.24) is 10.0 Å². The molecule has 2 atom stereocenters. The maximum Gasteiger partial charge on any atom is 0.241 e. The van der Waals surface area contributed by atoms with Gasteiger partial charge in [0.15, 0.2) is 0 Å². The molecular formula is C25H27ClN2O5S. The van der Waals surface area contributed by atoms with Crippen LogP contribution in [0.25, 0.3) is 0 Å². The first-order valence-corrected chi connectivity index (χ1v) is 12.4. The summed E-state index contributed by atoms with van der Waals surface area (Å²) >= 11 is 6.12. The van der Waals surface area contributed by atoms with Gasteiger partial charge in [-0.1, -0.05) is 54.1 Å². The molecule has 2 N–H and O–H groups in total. The van der Waals surface area contributed by atoms with Crippen LogP contribution in [0.4, 0.5) is 0 Å². The van der Waals surface area contributed by atoms with Crippen molar-refractivity contribution in [1.29, 1.82) is 0 Å². The van der Waals surface area contributed by atoms with Crippen LogP contribution in [0.5, 0.6) is 11.5 Å². The second kappa shape index (κ2) is 11.4. The Kier molecular flexibility index (Phi) is 8.55. The summed E-state index contributed by atoms with van der Waals surface area (Å²) in [4.78, 5) is 13.2. The first-order chi connectivity index (χ1) is 16.2. The van der Waals surface area contributed by atoms with Gasteiger partial charge in [-0.15, -0.1) is 0 Å². The minimum Gasteiger partial charge on any atom is -0.497 e. The molecule has 0 spiro atoms. The Balaban J connectivity index is 1.83. The quantitative estimate of drug-likeness (QED) is 0.435. The maximum atomic E-state index is 13.2. The first-order valence-electron chi connectivity index (χ1n) is 10.6. The highest BCUT2D eigenvalue weighted by molar-refractivity contribution is 7.89. The molecule has 0 saturated heterocycles. The van der Waals surface area contributed by atoms with Gasteiger partial charge in [-0.3, -0.25) is 4.79 Å². The zero-order chi connectivity index (χ0) is 24.7. The second-order valence-electron chi connectivity index (χ2n) is 7.66. The molecule has 180 valence electrons. The summed E-state index contributed by atoms with van der Waals surface area (Å²) in [5, 5.41) is 3.06. The van der Waals surface area contributed by atoms with E-state index in [2.05, 4.69) is 10.0 Å². The van der Waals surface area contributed by atoms with E-state index in [1.54, 1.807) is 19.2 Å². The van der Waals surface area contributed by atoms with Crippen molar-refractivity contribution in [3.05, 3.63) is 88.9 Å². The highest BCUT2D eigenvalue weighted by Gasteiger charge is 2.27. The number of hydrogen-bond donors (Lipinski definition) is 2. The van der Waals surface area contributed by atoms with Crippen molar-refractivity contribution in [3.8, 4) is 11.5 Å². The van der Waals surface area contributed by atoms with E-state index in [4.69, 9.17) is 21.1 Å². The van der Waals surface area contributed by atoms with Gasteiger partial charge in [0.1, 0.15) is 17.5 Å². The Labute approximate surface area is 205 Å². The zero-order valence-corrected chi connectivity index (χ0v) is 20.7. The molecule has 0 saturated carbocycles. The number of rotatable bonds is 10. The smallest absolute Gasteiger partial charge is 0.241 e. The average Bonchev–Trinajstić information content (AvgIpc) is 2.84. The molecule has 0 unspecified atom stereocenters. The molecular weight excluding hydrogens is 476 g/mol. The minimum atomic E-state index is -4.05. The summed E-state index contributed by atoms with van der Waals surface area (Å²) in [6, 6.07) is 19.2. The van der Waals surface area contributed by atoms with Crippen LogP contribution in [0.3, 0.4) is 0 Å². The Hall–Kier alpha value is -3.07. The topological polar surface area (TPSA) is 93.7 Å². The van der Waals surface area contributed by atoms with Crippen LogP contribution in [-0.2, 0) is 21.2 Å². The lowest BCUT2D eigenvalue weighted by Gasteiger charge is -2.22. The van der Waals surface area contributed by atoms with Crippen LogP contribution >= 0.6 is 11.6 Å². The van der Waals surface area contributed by atoms with Crippen molar-refractivity contribution in [2.75, 3.05) is 14.2 Å². The summed E-state index contributed by atoms with van der Waals surface area (Å²) < 4.78 is 39.0. The van der Waals surface area contributed by atoms with Gasteiger partial charge in [0.05, 0.1) is 30.2 Å². The summed E-state index contributed by atoms with van der Waals surface area (Å²) in [6.45, 7) is 1.83. The standard InChI is InChI=1S/C25H27ClN2O5S/c1-17(19-9-11-20(32-2)12-10-19)27-25(29)23(15-18-7-5-4-6-8-18)28-34(30,31)21-13-14-24(33-3)22(26)16-21/h4-14,16-17,23,28H,15H2,1-3H3,(H,27,29)/t17-,23-/m0/s1. The molecule has 0 aliphatic carbocycles. The molecule has 0 aliphatic heterocycles. The predicted octanol–water partition coefficient (Wildman–Crippen LogP) is 4.12. The summed E-state index contributed by atoms with van der Waals surface area (Å²) in [5.41, 5.74) is 1.67. The van der Waals surface area contributed by atoms with Gasteiger partial charge in [0.25, 0.3) is 0 Å². The molecule has 0 aromatic heterocycles. The van der Waals surface area contributed by atoms with E-state index in [9.17, 15) is 13.2 Å². The Morgan fingerprint density at radius 1 is 0.971 bits per heavy atom. The number of hydrogen-bond acceptors (Lipinski definition) is 5. The average molecular weight is 503 g/mol. The summed E-state index contributed by atoms with van der Waals surface area (Å²) in [7, 11) is -1.03. The molecule has 9 heteroatoms. The van der Waals surface area contributed by atoms with Crippen LogP contribution in [0.15, 0.2) is 77.7 Å². The van der Waals surface area contributed by atoms with E-state index < -0.39 is 22.0 Å². The molecule has 3 rings (SSSR count). The highest BCUT2D eigenvalue weighted by Crippen LogP contribution is 2.27. The lowest BCUT2D eigenvalue weighted by molar-refractivity contribution is -0.123. The van der Waals surface area contributed by atoms with Gasteiger partial charge in [0, 0.05) is 0 Å². The molecule has 0 aliphatic rings. The lowest BCUT2D eigenvalue weighted by Crippen LogP contribution is -2.48. The molecule has 0 fully saturated rings. The number of carbonyl (C=O) groups is 1. The maximum absolute atomic E-state index is 13.2. The SMILES string of the molecule is COc1ccc([C@H](C)NC(=O)[C@H](Cc2ccccc2)NS(=O)(=O)c2ccc(OC)c(Cl)c2)cc1. The lowest BCUT2D eigenvalue weighted by atomic mass is 10.0. The molecule has 0 radical (unpaired) electrons. The molecule has 3 aromatic carbocycles. The number of carbonyl (C=O) groups excluding carboxylic acids is 1. The Bertz CT molecular complexity index is 1220.